The summed E-state index contributed by atoms with van der Waals surface area (Å²) in [7, 11) is -3.73. The molecule has 0 atom stereocenters. The van der Waals surface area contributed by atoms with Crippen molar-refractivity contribution in [3.63, 3.8) is 0 Å². The van der Waals surface area contributed by atoms with Gasteiger partial charge in [-0.2, -0.15) is 8.42 Å². The molecule has 0 spiro atoms. The van der Waals surface area contributed by atoms with Crippen molar-refractivity contribution >= 4 is 10.1 Å². The molecule has 152 valence electrons. The molecule has 2 aromatic rings. The predicted molar refractivity (Wildman–Crippen MR) is 111 cm³/mol. The number of unbranched alkanes of at least 4 members (excludes halogenated alkanes) is 1. The molecule has 1 fully saturated rings. The Morgan fingerprint density at radius 2 is 1.71 bits per heavy atom. The maximum atomic E-state index is 12.5. The van der Waals surface area contributed by atoms with Crippen molar-refractivity contribution < 1.29 is 17.7 Å². The van der Waals surface area contributed by atoms with Crippen molar-refractivity contribution in [1.29, 1.82) is 0 Å². The molecule has 3 rings (SSSR count). The SMILES string of the molecule is CCCCc1ccc(C2CCC(OS(=O)(=O)c3ccc(C)cc3)CC2)c(O)c1. The molecule has 0 unspecified atom stereocenters. The number of hydrogen-bond acceptors (Lipinski definition) is 4. The second-order valence-electron chi connectivity index (χ2n) is 7.83. The van der Waals surface area contributed by atoms with Gasteiger partial charge < -0.3 is 5.11 Å². The van der Waals surface area contributed by atoms with Crippen molar-refractivity contribution in [2.24, 2.45) is 0 Å². The minimum Gasteiger partial charge on any atom is -0.508 e. The molecule has 0 bridgehead atoms. The van der Waals surface area contributed by atoms with Gasteiger partial charge in [-0.05, 0) is 80.7 Å². The van der Waals surface area contributed by atoms with Crippen LogP contribution in [0.1, 0.15) is 68.1 Å². The van der Waals surface area contributed by atoms with E-state index in [2.05, 4.69) is 13.0 Å². The lowest BCUT2D eigenvalue weighted by Crippen LogP contribution is -2.24. The van der Waals surface area contributed by atoms with Crippen LogP contribution in [0.15, 0.2) is 47.4 Å². The van der Waals surface area contributed by atoms with Crippen LogP contribution in [-0.4, -0.2) is 19.6 Å². The average molecular weight is 403 g/mol. The largest absolute Gasteiger partial charge is 0.508 e. The van der Waals surface area contributed by atoms with Crippen LogP contribution < -0.4 is 0 Å². The molecule has 1 aliphatic rings. The quantitative estimate of drug-likeness (QED) is 0.623. The lowest BCUT2D eigenvalue weighted by Gasteiger charge is -2.28. The standard InChI is InChI=1S/C23H30O4S/c1-3-4-5-18-8-15-22(23(24)16-18)19-9-11-20(12-10-19)27-28(25,26)21-13-6-17(2)7-14-21/h6-8,13-16,19-20,24H,3-5,9-12H2,1-2H3. The van der Waals surface area contributed by atoms with E-state index in [1.165, 1.54) is 5.56 Å². The molecule has 0 radical (unpaired) electrons. The van der Waals surface area contributed by atoms with E-state index in [-0.39, 0.29) is 16.9 Å². The Kier molecular flexibility index (Phi) is 6.78. The van der Waals surface area contributed by atoms with E-state index in [9.17, 15) is 13.5 Å². The molecular weight excluding hydrogens is 372 g/mol. The van der Waals surface area contributed by atoms with Crippen molar-refractivity contribution in [1.82, 2.24) is 0 Å². The summed E-state index contributed by atoms with van der Waals surface area (Å²) in [4.78, 5) is 0.209. The third-order valence-electron chi connectivity index (χ3n) is 5.60. The summed E-state index contributed by atoms with van der Waals surface area (Å²) in [6.07, 6.45) is 5.93. The Labute approximate surface area is 168 Å². The molecule has 1 aliphatic carbocycles. The highest BCUT2D eigenvalue weighted by atomic mass is 32.2. The van der Waals surface area contributed by atoms with Gasteiger partial charge in [0.1, 0.15) is 5.75 Å². The molecule has 0 aromatic heterocycles. The molecular formula is C23H30O4S. The molecule has 4 nitrogen and oxygen atoms in total. The van der Waals surface area contributed by atoms with Gasteiger partial charge in [-0.3, -0.25) is 4.18 Å². The Morgan fingerprint density at radius 1 is 1.04 bits per heavy atom. The van der Waals surface area contributed by atoms with Gasteiger partial charge in [0.05, 0.1) is 11.0 Å². The molecule has 0 aliphatic heterocycles. The van der Waals surface area contributed by atoms with Crippen LogP contribution >= 0.6 is 0 Å². The first-order chi connectivity index (χ1) is 13.4. The number of phenols is 1. The van der Waals surface area contributed by atoms with E-state index < -0.39 is 10.1 Å². The van der Waals surface area contributed by atoms with Crippen LogP contribution in [0.5, 0.6) is 5.75 Å². The van der Waals surface area contributed by atoms with E-state index >= 15 is 0 Å². The van der Waals surface area contributed by atoms with E-state index in [4.69, 9.17) is 4.18 Å². The minimum atomic E-state index is -3.73. The zero-order chi connectivity index (χ0) is 20.1. The number of phenolic OH excluding ortho intramolecular Hbond substituents is 1. The fourth-order valence-electron chi connectivity index (χ4n) is 3.88. The minimum absolute atomic E-state index is 0.209. The maximum Gasteiger partial charge on any atom is 0.297 e. The summed E-state index contributed by atoms with van der Waals surface area (Å²) in [5, 5.41) is 10.4. The zero-order valence-corrected chi connectivity index (χ0v) is 17.5. The smallest absolute Gasteiger partial charge is 0.297 e. The molecule has 0 saturated heterocycles. The van der Waals surface area contributed by atoms with Crippen molar-refractivity contribution in [2.75, 3.05) is 0 Å². The molecule has 1 N–H and O–H groups in total. The third-order valence-corrected chi connectivity index (χ3v) is 6.98. The van der Waals surface area contributed by atoms with Crippen LogP contribution in [0, 0.1) is 6.92 Å². The van der Waals surface area contributed by atoms with Gasteiger partial charge in [0.15, 0.2) is 0 Å². The number of hydrogen-bond donors (Lipinski definition) is 1. The monoisotopic (exact) mass is 402 g/mol. The van der Waals surface area contributed by atoms with E-state index in [0.29, 0.717) is 18.6 Å². The van der Waals surface area contributed by atoms with Gasteiger partial charge in [0.2, 0.25) is 0 Å². The van der Waals surface area contributed by atoms with Crippen LogP contribution in [0.25, 0.3) is 0 Å². The molecule has 0 amide bonds. The Hall–Kier alpha value is -1.85. The van der Waals surface area contributed by atoms with E-state index in [1.54, 1.807) is 24.3 Å². The maximum absolute atomic E-state index is 12.5. The second kappa shape index (κ2) is 9.10. The summed E-state index contributed by atoms with van der Waals surface area (Å²) < 4.78 is 30.5. The molecule has 1 saturated carbocycles. The van der Waals surface area contributed by atoms with E-state index in [0.717, 1.165) is 43.2 Å². The average Bonchev–Trinajstić information content (AvgIpc) is 2.67. The fourth-order valence-corrected chi connectivity index (χ4v) is 5.01. The van der Waals surface area contributed by atoms with Crippen LogP contribution in [0.4, 0.5) is 0 Å². The third kappa shape index (κ3) is 5.15. The summed E-state index contributed by atoms with van der Waals surface area (Å²) in [6.45, 7) is 4.08. The molecule has 28 heavy (non-hydrogen) atoms. The Morgan fingerprint density at radius 3 is 2.32 bits per heavy atom. The first-order valence-corrected chi connectivity index (χ1v) is 11.6. The molecule has 2 aromatic carbocycles. The number of aromatic hydroxyl groups is 1. The first kappa shape index (κ1) is 20.9. The number of aryl methyl sites for hydroxylation is 2. The predicted octanol–water partition coefficient (Wildman–Crippen LogP) is 5.47. The Balaban J connectivity index is 1.59. The topological polar surface area (TPSA) is 63.6 Å². The highest BCUT2D eigenvalue weighted by Crippen LogP contribution is 2.39. The van der Waals surface area contributed by atoms with Gasteiger partial charge in [0.25, 0.3) is 10.1 Å². The summed E-state index contributed by atoms with van der Waals surface area (Å²) in [6, 6.07) is 12.8. The van der Waals surface area contributed by atoms with Gasteiger partial charge in [-0.25, -0.2) is 0 Å². The van der Waals surface area contributed by atoms with Gasteiger partial charge in [-0.1, -0.05) is 43.2 Å². The first-order valence-electron chi connectivity index (χ1n) is 10.2. The number of benzene rings is 2. The summed E-state index contributed by atoms with van der Waals surface area (Å²) in [5.74, 6) is 0.618. The Bertz CT molecular complexity index is 879. The molecule has 0 heterocycles. The molecule has 5 heteroatoms. The van der Waals surface area contributed by atoms with Gasteiger partial charge in [0, 0.05) is 0 Å². The zero-order valence-electron chi connectivity index (χ0n) is 16.7. The second-order valence-corrected chi connectivity index (χ2v) is 9.41. The van der Waals surface area contributed by atoms with Gasteiger partial charge >= 0.3 is 0 Å². The van der Waals surface area contributed by atoms with E-state index in [1.807, 2.05) is 19.1 Å². The lowest BCUT2D eigenvalue weighted by molar-refractivity contribution is 0.153. The highest BCUT2D eigenvalue weighted by Gasteiger charge is 2.28. The van der Waals surface area contributed by atoms with Crippen molar-refractivity contribution in [3.8, 4) is 5.75 Å². The summed E-state index contributed by atoms with van der Waals surface area (Å²) >= 11 is 0. The normalized spacial score (nSPS) is 20.2. The van der Waals surface area contributed by atoms with Crippen LogP contribution in [-0.2, 0) is 20.7 Å². The summed E-state index contributed by atoms with van der Waals surface area (Å²) in [5.41, 5.74) is 3.16. The van der Waals surface area contributed by atoms with Gasteiger partial charge in [-0.15, -0.1) is 0 Å². The highest BCUT2D eigenvalue weighted by molar-refractivity contribution is 7.86. The number of rotatable bonds is 7. The fraction of sp³-hybridized carbons (Fsp3) is 0.478. The lowest BCUT2D eigenvalue weighted by atomic mass is 9.82. The van der Waals surface area contributed by atoms with Crippen molar-refractivity contribution in [2.45, 2.75) is 75.7 Å². The van der Waals surface area contributed by atoms with Crippen LogP contribution in [0.2, 0.25) is 0 Å². The van der Waals surface area contributed by atoms with Crippen LogP contribution in [0.3, 0.4) is 0 Å². The van der Waals surface area contributed by atoms with Crippen molar-refractivity contribution in [3.05, 3.63) is 59.2 Å².